The second-order valence-electron chi connectivity index (χ2n) is 5.09. The first-order valence-electron chi connectivity index (χ1n) is 7.17. The van der Waals surface area contributed by atoms with Gasteiger partial charge in [0.2, 0.25) is 5.91 Å². The topological polar surface area (TPSA) is 38.3 Å². The van der Waals surface area contributed by atoms with E-state index in [-0.39, 0.29) is 11.9 Å². The molecule has 1 atom stereocenters. The number of carbonyl (C=O) groups excluding carboxylic acids is 1. The number of hydrogen-bond donors (Lipinski definition) is 1. The standard InChI is InChI=1S/C18H21NO2/c1-15(20)19-18(12-16-8-4-2-5-9-16)14-21-13-17-10-6-3-7-11-17/h2-11,18H,12-14H2,1H3,(H,19,20)/t18-/m0/s1. The smallest absolute Gasteiger partial charge is 0.217 e. The van der Waals surface area contributed by atoms with Crippen LogP contribution in [0.1, 0.15) is 18.1 Å². The van der Waals surface area contributed by atoms with Crippen LogP contribution in [0.25, 0.3) is 0 Å². The highest BCUT2D eigenvalue weighted by Crippen LogP contribution is 2.06. The Morgan fingerprint density at radius 3 is 2.14 bits per heavy atom. The quantitative estimate of drug-likeness (QED) is 0.848. The lowest BCUT2D eigenvalue weighted by molar-refractivity contribution is -0.120. The summed E-state index contributed by atoms with van der Waals surface area (Å²) in [5.74, 6) is -0.0285. The van der Waals surface area contributed by atoms with Crippen molar-refractivity contribution >= 4 is 5.91 Å². The highest BCUT2D eigenvalue weighted by atomic mass is 16.5. The summed E-state index contributed by atoms with van der Waals surface area (Å²) in [4.78, 5) is 11.3. The van der Waals surface area contributed by atoms with Gasteiger partial charge in [-0.15, -0.1) is 0 Å². The van der Waals surface area contributed by atoms with Gasteiger partial charge in [-0.2, -0.15) is 0 Å². The number of benzene rings is 2. The van der Waals surface area contributed by atoms with Crippen molar-refractivity contribution in [3.05, 3.63) is 71.8 Å². The van der Waals surface area contributed by atoms with Crippen LogP contribution in [0, 0.1) is 0 Å². The van der Waals surface area contributed by atoms with E-state index in [0.717, 1.165) is 12.0 Å². The molecule has 0 heterocycles. The van der Waals surface area contributed by atoms with E-state index in [2.05, 4.69) is 17.4 Å². The first-order chi connectivity index (χ1) is 10.2. The molecule has 0 aliphatic rings. The third-order valence-corrected chi connectivity index (χ3v) is 3.16. The van der Waals surface area contributed by atoms with E-state index in [1.807, 2.05) is 48.5 Å². The van der Waals surface area contributed by atoms with Gasteiger partial charge < -0.3 is 10.1 Å². The van der Waals surface area contributed by atoms with Gasteiger partial charge in [0, 0.05) is 6.92 Å². The Kier molecular flexibility index (Phi) is 5.98. The summed E-state index contributed by atoms with van der Waals surface area (Å²) in [6.45, 7) is 2.60. The van der Waals surface area contributed by atoms with Crippen LogP contribution in [0.3, 0.4) is 0 Å². The molecule has 0 bridgehead atoms. The molecule has 0 fully saturated rings. The molecule has 0 aromatic heterocycles. The summed E-state index contributed by atoms with van der Waals surface area (Å²) in [5.41, 5.74) is 2.33. The molecule has 2 aromatic carbocycles. The van der Waals surface area contributed by atoms with Gasteiger partial charge in [-0.3, -0.25) is 4.79 Å². The molecule has 0 saturated carbocycles. The molecule has 2 rings (SSSR count). The van der Waals surface area contributed by atoms with Gasteiger partial charge in [0.25, 0.3) is 0 Å². The van der Waals surface area contributed by atoms with Crippen molar-refractivity contribution in [2.24, 2.45) is 0 Å². The molecule has 3 heteroatoms. The number of nitrogens with one attached hydrogen (secondary N) is 1. The fourth-order valence-electron chi connectivity index (χ4n) is 2.23. The summed E-state index contributed by atoms with van der Waals surface area (Å²) in [5, 5.41) is 2.95. The minimum Gasteiger partial charge on any atom is -0.375 e. The molecule has 110 valence electrons. The Labute approximate surface area is 126 Å². The van der Waals surface area contributed by atoms with E-state index in [0.29, 0.717) is 13.2 Å². The van der Waals surface area contributed by atoms with E-state index in [9.17, 15) is 4.79 Å². The van der Waals surface area contributed by atoms with Crippen molar-refractivity contribution < 1.29 is 9.53 Å². The van der Waals surface area contributed by atoms with Gasteiger partial charge >= 0.3 is 0 Å². The molecule has 0 spiro atoms. The maximum atomic E-state index is 11.3. The summed E-state index contributed by atoms with van der Waals surface area (Å²) >= 11 is 0. The monoisotopic (exact) mass is 283 g/mol. The predicted octanol–water partition coefficient (Wildman–Crippen LogP) is 2.95. The molecule has 0 aliphatic carbocycles. The van der Waals surface area contributed by atoms with Crippen molar-refractivity contribution in [2.45, 2.75) is 26.0 Å². The van der Waals surface area contributed by atoms with E-state index in [4.69, 9.17) is 4.74 Å². The number of amides is 1. The maximum absolute atomic E-state index is 11.3. The van der Waals surface area contributed by atoms with Crippen LogP contribution in [-0.4, -0.2) is 18.6 Å². The minimum absolute atomic E-state index is 0.00591. The van der Waals surface area contributed by atoms with Gasteiger partial charge in [0.15, 0.2) is 0 Å². The molecule has 0 saturated heterocycles. The molecular formula is C18H21NO2. The van der Waals surface area contributed by atoms with E-state index in [1.54, 1.807) is 0 Å². The lowest BCUT2D eigenvalue weighted by atomic mass is 10.1. The lowest BCUT2D eigenvalue weighted by Gasteiger charge is -2.18. The van der Waals surface area contributed by atoms with Gasteiger partial charge in [-0.25, -0.2) is 0 Å². The zero-order valence-electron chi connectivity index (χ0n) is 12.3. The summed E-state index contributed by atoms with van der Waals surface area (Å²) in [6.07, 6.45) is 0.773. The second-order valence-corrected chi connectivity index (χ2v) is 5.09. The molecule has 21 heavy (non-hydrogen) atoms. The fourth-order valence-corrected chi connectivity index (χ4v) is 2.23. The molecule has 0 radical (unpaired) electrons. The molecule has 1 N–H and O–H groups in total. The van der Waals surface area contributed by atoms with Gasteiger partial charge in [0.05, 0.1) is 19.3 Å². The average Bonchev–Trinajstić information content (AvgIpc) is 2.49. The van der Waals surface area contributed by atoms with Crippen LogP contribution >= 0.6 is 0 Å². The Morgan fingerprint density at radius 2 is 1.57 bits per heavy atom. The molecule has 3 nitrogen and oxygen atoms in total. The van der Waals surface area contributed by atoms with Crippen LogP contribution in [0.15, 0.2) is 60.7 Å². The first-order valence-corrected chi connectivity index (χ1v) is 7.17. The molecule has 0 aliphatic heterocycles. The van der Waals surface area contributed by atoms with Crippen LogP contribution in [0.4, 0.5) is 0 Å². The minimum atomic E-state index is -0.0285. The van der Waals surface area contributed by atoms with E-state index < -0.39 is 0 Å². The van der Waals surface area contributed by atoms with Gasteiger partial charge in [0.1, 0.15) is 0 Å². The number of ether oxygens (including phenoxy) is 1. The maximum Gasteiger partial charge on any atom is 0.217 e. The van der Waals surface area contributed by atoms with Crippen LogP contribution in [0.2, 0.25) is 0 Å². The highest BCUT2D eigenvalue weighted by molar-refractivity contribution is 5.73. The van der Waals surface area contributed by atoms with Crippen LogP contribution < -0.4 is 5.32 Å². The molecule has 0 unspecified atom stereocenters. The summed E-state index contributed by atoms with van der Waals surface area (Å²) < 4.78 is 5.74. The third-order valence-electron chi connectivity index (χ3n) is 3.16. The van der Waals surface area contributed by atoms with Crippen molar-refractivity contribution in [1.29, 1.82) is 0 Å². The van der Waals surface area contributed by atoms with Crippen LogP contribution in [-0.2, 0) is 22.6 Å². The van der Waals surface area contributed by atoms with E-state index >= 15 is 0 Å². The first kappa shape index (κ1) is 15.3. The Morgan fingerprint density at radius 1 is 1.00 bits per heavy atom. The van der Waals surface area contributed by atoms with Crippen molar-refractivity contribution in [3.8, 4) is 0 Å². The summed E-state index contributed by atoms with van der Waals surface area (Å²) in [7, 11) is 0. The van der Waals surface area contributed by atoms with Crippen molar-refractivity contribution in [3.63, 3.8) is 0 Å². The molecule has 1 amide bonds. The van der Waals surface area contributed by atoms with E-state index in [1.165, 1.54) is 12.5 Å². The number of carbonyl (C=O) groups is 1. The van der Waals surface area contributed by atoms with Gasteiger partial charge in [-0.1, -0.05) is 60.7 Å². The largest absolute Gasteiger partial charge is 0.375 e. The third kappa shape index (κ3) is 5.79. The van der Waals surface area contributed by atoms with Crippen molar-refractivity contribution in [2.75, 3.05) is 6.61 Å². The highest BCUT2D eigenvalue weighted by Gasteiger charge is 2.11. The van der Waals surface area contributed by atoms with Crippen molar-refractivity contribution in [1.82, 2.24) is 5.32 Å². The Balaban J connectivity index is 1.86. The lowest BCUT2D eigenvalue weighted by Crippen LogP contribution is -2.38. The Hall–Kier alpha value is -2.13. The fraction of sp³-hybridized carbons (Fsp3) is 0.278. The van der Waals surface area contributed by atoms with Gasteiger partial charge in [-0.05, 0) is 17.5 Å². The Bertz CT molecular complexity index is 540. The molecular weight excluding hydrogens is 262 g/mol. The second kappa shape index (κ2) is 8.22. The predicted molar refractivity (Wildman–Crippen MR) is 83.8 cm³/mol. The number of hydrogen-bond acceptors (Lipinski definition) is 2. The zero-order valence-corrected chi connectivity index (χ0v) is 12.3. The SMILES string of the molecule is CC(=O)N[C@H](COCc1ccccc1)Cc1ccccc1. The average molecular weight is 283 g/mol. The van der Waals surface area contributed by atoms with Crippen LogP contribution in [0.5, 0.6) is 0 Å². The zero-order chi connectivity index (χ0) is 14.9. The molecule has 2 aromatic rings. The summed E-state index contributed by atoms with van der Waals surface area (Å²) in [6, 6.07) is 20.2. The number of rotatable bonds is 7. The normalized spacial score (nSPS) is 11.9.